The molecule has 2 aromatic rings. The van der Waals surface area contributed by atoms with Gasteiger partial charge >= 0.3 is 0 Å². The maximum Gasteiger partial charge on any atom is 0.267 e. The number of ether oxygens (including phenoxy) is 1. The largest absolute Gasteiger partial charge is 0.493 e. The Balaban J connectivity index is 2.04. The molecule has 0 radical (unpaired) electrons. The van der Waals surface area contributed by atoms with Crippen LogP contribution < -0.4 is 10.1 Å². The summed E-state index contributed by atoms with van der Waals surface area (Å²) >= 11 is 0. The molecule has 0 fully saturated rings. The minimum atomic E-state index is -0.117. The van der Waals surface area contributed by atoms with E-state index in [1.165, 1.54) is 5.56 Å². The highest BCUT2D eigenvalue weighted by atomic mass is 16.5. The molecule has 128 valence electrons. The number of benzene rings is 1. The van der Waals surface area contributed by atoms with Crippen molar-refractivity contribution < 1.29 is 14.3 Å². The number of fused-ring (bicyclic) bond motifs is 3. The van der Waals surface area contributed by atoms with Crippen molar-refractivity contribution >= 4 is 22.6 Å². The summed E-state index contributed by atoms with van der Waals surface area (Å²) < 4.78 is 5.77. The number of rotatable bonds is 6. The van der Waals surface area contributed by atoms with Crippen LogP contribution in [0.2, 0.25) is 0 Å². The second-order valence-corrected chi connectivity index (χ2v) is 6.22. The SMILES string of the molecule is CCC(=O)CCCc1c(C(=O)NC)[nH]c2ccc3c(c12)CCCO3. The van der Waals surface area contributed by atoms with Crippen LogP contribution in [0.3, 0.4) is 0 Å². The van der Waals surface area contributed by atoms with E-state index in [-0.39, 0.29) is 11.7 Å². The number of aryl methyl sites for hydroxylation is 2. The Bertz CT molecular complexity index is 777. The van der Waals surface area contributed by atoms with Gasteiger partial charge in [0.15, 0.2) is 0 Å². The molecule has 1 aliphatic rings. The second kappa shape index (κ2) is 7.07. The zero-order chi connectivity index (χ0) is 17.1. The number of hydrogen-bond acceptors (Lipinski definition) is 3. The molecule has 1 aromatic carbocycles. The molecule has 2 N–H and O–H groups in total. The first-order chi connectivity index (χ1) is 11.7. The summed E-state index contributed by atoms with van der Waals surface area (Å²) in [5, 5.41) is 3.81. The molecule has 0 unspecified atom stereocenters. The van der Waals surface area contributed by atoms with Crippen LogP contribution in [0.15, 0.2) is 12.1 Å². The second-order valence-electron chi connectivity index (χ2n) is 6.22. The van der Waals surface area contributed by atoms with E-state index in [1.807, 2.05) is 19.1 Å². The molecule has 3 rings (SSSR count). The van der Waals surface area contributed by atoms with Gasteiger partial charge < -0.3 is 15.0 Å². The number of amides is 1. The van der Waals surface area contributed by atoms with Crippen molar-refractivity contribution in [2.45, 2.75) is 45.4 Å². The third-order valence-electron chi connectivity index (χ3n) is 4.69. The van der Waals surface area contributed by atoms with Crippen LogP contribution in [-0.4, -0.2) is 30.3 Å². The summed E-state index contributed by atoms with van der Waals surface area (Å²) in [4.78, 5) is 27.2. The van der Waals surface area contributed by atoms with Crippen LogP contribution in [-0.2, 0) is 17.6 Å². The molecule has 0 bridgehead atoms. The minimum absolute atomic E-state index is 0.117. The lowest BCUT2D eigenvalue weighted by Gasteiger charge is -2.18. The molecule has 0 atom stereocenters. The van der Waals surface area contributed by atoms with E-state index in [4.69, 9.17) is 4.74 Å². The van der Waals surface area contributed by atoms with Gasteiger partial charge in [-0.1, -0.05) is 6.92 Å². The van der Waals surface area contributed by atoms with Gasteiger partial charge in [-0.2, -0.15) is 0 Å². The van der Waals surface area contributed by atoms with Gasteiger partial charge in [-0.3, -0.25) is 9.59 Å². The molecule has 1 aromatic heterocycles. The molecule has 0 saturated heterocycles. The molecule has 2 heterocycles. The fourth-order valence-corrected chi connectivity index (χ4v) is 3.44. The van der Waals surface area contributed by atoms with Gasteiger partial charge in [-0.05, 0) is 43.4 Å². The number of carbonyl (C=O) groups excluding carboxylic acids is 2. The number of aromatic nitrogens is 1. The molecule has 0 aliphatic carbocycles. The Morgan fingerprint density at radius 3 is 2.92 bits per heavy atom. The first-order valence-electron chi connectivity index (χ1n) is 8.68. The van der Waals surface area contributed by atoms with Crippen LogP contribution in [0.5, 0.6) is 5.75 Å². The zero-order valence-electron chi connectivity index (χ0n) is 14.3. The number of H-pyrrole nitrogens is 1. The zero-order valence-corrected chi connectivity index (χ0v) is 14.3. The predicted molar refractivity (Wildman–Crippen MR) is 93.7 cm³/mol. The van der Waals surface area contributed by atoms with E-state index in [2.05, 4.69) is 10.3 Å². The molecule has 24 heavy (non-hydrogen) atoms. The molecular formula is C19H24N2O3. The van der Waals surface area contributed by atoms with Crippen molar-refractivity contribution in [1.29, 1.82) is 0 Å². The summed E-state index contributed by atoms with van der Waals surface area (Å²) in [5.74, 6) is 1.07. The van der Waals surface area contributed by atoms with Crippen LogP contribution in [0.4, 0.5) is 0 Å². The van der Waals surface area contributed by atoms with E-state index >= 15 is 0 Å². The summed E-state index contributed by atoms with van der Waals surface area (Å²) in [6.45, 7) is 2.63. The van der Waals surface area contributed by atoms with Gasteiger partial charge in [0.05, 0.1) is 6.61 Å². The third-order valence-corrected chi connectivity index (χ3v) is 4.69. The smallest absolute Gasteiger partial charge is 0.267 e. The molecule has 5 nitrogen and oxygen atoms in total. The molecular weight excluding hydrogens is 304 g/mol. The van der Waals surface area contributed by atoms with Crippen molar-refractivity contribution in [3.05, 3.63) is 29.0 Å². The van der Waals surface area contributed by atoms with E-state index in [9.17, 15) is 9.59 Å². The lowest BCUT2D eigenvalue weighted by molar-refractivity contribution is -0.118. The quantitative estimate of drug-likeness (QED) is 0.855. The van der Waals surface area contributed by atoms with Gasteiger partial charge in [0.2, 0.25) is 0 Å². The maximum absolute atomic E-state index is 12.3. The molecule has 5 heteroatoms. The molecule has 0 spiro atoms. The van der Waals surface area contributed by atoms with Crippen molar-refractivity contribution in [3.8, 4) is 5.75 Å². The Kier molecular flexibility index (Phi) is 4.88. The first-order valence-corrected chi connectivity index (χ1v) is 8.68. The van der Waals surface area contributed by atoms with Crippen LogP contribution >= 0.6 is 0 Å². The van der Waals surface area contributed by atoms with E-state index in [1.54, 1.807) is 7.05 Å². The highest BCUT2D eigenvalue weighted by Crippen LogP contribution is 2.36. The number of aromatic amines is 1. The van der Waals surface area contributed by atoms with Gasteiger partial charge in [0, 0.05) is 36.4 Å². The Labute approximate surface area is 141 Å². The highest BCUT2D eigenvalue weighted by Gasteiger charge is 2.22. The molecule has 0 saturated carbocycles. The summed E-state index contributed by atoms with van der Waals surface area (Å²) in [6, 6.07) is 3.96. The van der Waals surface area contributed by atoms with E-state index in [0.717, 1.165) is 48.1 Å². The number of hydrogen-bond donors (Lipinski definition) is 2. The minimum Gasteiger partial charge on any atom is -0.493 e. The normalized spacial score (nSPS) is 13.4. The van der Waals surface area contributed by atoms with Crippen molar-refractivity contribution in [2.24, 2.45) is 0 Å². The van der Waals surface area contributed by atoms with Gasteiger partial charge in [-0.15, -0.1) is 0 Å². The average Bonchev–Trinajstić information content (AvgIpc) is 3.00. The first kappa shape index (κ1) is 16.6. The van der Waals surface area contributed by atoms with Crippen molar-refractivity contribution in [2.75, 3.05) is 13.7 Å². The lowest BCUT2D eigenvalue weighted by Crippen LogP contribution is -2.19. The number of nitrogens with one attached hydrogen (secondary N) is 2. The third kappa shape index (κ3) is 3.03. The highest BCUT2D eigenvalue weighted by molar-refractivity contribution is 6.02. The van der Waals surface area contributed by atoms with Crippen molar-refractivity contribution in [1.82, 2.24) is 10.3 Å². The maximum atomic E-state index is 12.3. The topological polar surface area (TPSA) is 71.2 Å². The summed E-state index contributed by atoms with van der Waals surface area (Å²) in [6.07, 6.45) is 4.54. The van der Waals surface area contributed by atoms with Gasteiger partial charge in [0.25, 0.3) is 5.91 Å². The van der Waals surface area contributed by atoms with Crippen LogP contribution in [0, 0.1) is 0 Å². The average molecular weight is 328 g/mol. The fraction of sp³-hybridized carbons (Fsp3) is 0.474. The van der Waals surface area contributed by atoms with Crippen LogP contribution in [0.25, 0.3) is 10.9 Å². The lowest BCUT2D eigenvalue weighted by atomic mass is 9.95. The number of ketones is 1. The molecule has 1 aliphatic heterocycles. The van der Waals surface area contributed by atoms with Gasteiger partial charge in [-0.25, -0.2) is 0 Å². The molecule has 1 amide bonds. The Morgan fingerprint density at radius 1 is 1.33 bits per heavy atom. The Morgan fingerprint density at radius 2 is 2.17 bits per heavy atom. The van der Waals surface area contributed by atoms with Crippen molar-refractivity contribution in [3.63, 3.8) is 0 Å². The van der Waals surface area contributed by atoms with E-state index < -0.39 is 0 Å². The van der Waals surface area contributed by atoms with E-state index in [0.29, 0.717) is 25.0 Å². The fourth-order valence-electron chi connectivity index (χ4n) is 3.44. The number of Topliss-reactive ketones (excluding diaryl/α,β-unsaturated/α-hetero) is 1. The monoisotopic (exact) mass is 328 g/mol. The summed E-state index contributed by atoms with van der Waals surface area (Å²) in [5.41, 5.74) is 3.77. The van der Waals surface area contributed by atoms with Gasteiger partial charge in [0.1, 0.15) is 17.2 Å². The predicted octanol–water partition coefficient (Wildman–Crippen LogP) is 3.15. The summed E-state index contributed by atoms with van der Waals surface area (Å²) in [7, 11) is 1.64. The van der Waals surface area contributed by atoms with Crippen LogP contribution in [0.1, 0.15) is 54.2 Å². The standard InChI is InChI=1S/C19H24N2O3/c1-3-12(22)6-4-7-14-17-13-8-5-11-24-16(13)10-9-15(17)21-18(14)19(23)20-2/h9-10,21H,3-8,11H2,1-2H3,(H,20,23). The number of carbonyl (C=O) groups is 2. The Hall–Kier alpha value is -2.30.